The van der Waals surface area contributed by atoms with Crippen molar-refractivity contribution in [2.24, 2.45) is 11.8 Å². The molecule has 0 aromatic carbocycles. The van der Waals surface area contributed by atoms with Crippen LogP contribution >= 0.6 is 15.9 Å². The Kier molecular flexibility index (Phi) is 3.77. The van der Waals surface area contributed by atoms with Crippen molar-refractivity contribution in [1.29, 1.82) is 0 Å². The summed E-state index contributed by atoms with van der Waals surface area (Å²) in [6.07, 6.45) is 8.46. The van der Waals surface area contributed by atoms with Crippen LogP contribution in [0, 0.1) is 11.8 Å². The predicted octanol–water partition coefficient (Wildman–Crippen LogP) is 4.15. The molecule has 2 aliphatic rings. The third-order valence-corrected chi connectivity index (χ3v) is 5.04. The van der Waals surface area contributed by atoms with Crippen molar-refractivity contribution in [2.75, 3.05) is 5.33 Å². The fraction of sp³-hybridized carbons (Fsp3) is 1.00. The molecule has 0 heterocycles. The van der Waals surface area contributed by atoms with Gasteiger partial charge in [0.2, 0.25) is 0 Å². The molecule has 0 aliphatic heterocycles. The lowest BCUT2D eigenvalue weighted by Gasteiger charge is -2.40. The molecule has 1 nitrogen and oxygen atoms in total. The highest BCUT2D eigenvalue weighted by Gasteiger charge is 2.39. The van der Waals surface area contributed by atoms with Crippen molar-refractivity contribution in [3.63, 3.8) is 0 Å². The monoisotopic (exact) mass is 274 g/mol. The molecule has 0 saturated heterocycles. The van der Waals surface area contributed by atoms with Crippen LogP contribution in [0.3, 0.4) is 0 Å². The number of alkyl halides is 1. The lowest BCUT2D eigenvalue weighted by molar-refractivity contribution is -0.107. The van der Waals surface area contributed by atoms with Gasteiger partial charge in [0.15, 0.2) is 0 Å². The quantitative estimate of drug-likeness (QED) is 0.700. The Morgan fingerprint density at radius 1 is 1.40 bits per heavy atom. The van der Waals surface area contributed by atoms with E-state index >= 15 is 0 Å². The van der Waals surface area contributed by atoms with Crippen LogP contribution in [0.2, 0.25) is 0 Å². The van der Waals surface area contributed by atoms with Gasteiger partial charge in [0, 0.05) is 5.33 Å². The van der Waals surface area contributed by atoms with E-state index in [1.54, 1.807) is 0 Å². The second-order valence-electron chi connectivity index (χ2n) is 5.68. The van der Waals surface area contributed by atoms with E-state index in [4.69, 9.17) is 4.74 Å². The Hall–Kier alpha value is 0.440. The zero-order valence-electron chi connectivity index (χ0n) is 9.97. The second-order valence-corrected chi connectivity index (χ2v) is 6.24. The normalized spacial score (nSPS) is 39.0. The largest absolute Gasteiger partial charge is 0.371 e. The molecule has 2 rings (SSSR count). The fourth-order valence-electron chi connectivity index (χ4n) is 2.93. The second kappa shape index (κ2) is 4.75. The zero-order valence-corrected chi connectivity index (χ0v) is 11.6. The molecule has 2 saturated carbocycles. The van der Waals surface area contributed by atoms with Crippen LogP contribution in [0.1, 0.15) is 52.4 Å². The minimum absolute atomic E-state index is 0.152. The topological polar surface area (TPSA) is 9.23 Å². The van der Waals surface area contributed by atoms with Crippen molar-refractivity contribution in [1.82, 2.24) is 0 Å². The molecule has 3 atom stereocenters. The van der Waals surface area contributed by atoms with Gasteiger partial charge in [-0.2, -0.15) is 0 Å². The Bertz CT molecular complexity index is 215. The molecule has 0 bridgehead atoms. The molecule has 0 radical (unpaired) electrons. The van der Waals surface area contributed by atoms with E-state index in [-0.39, 0.29) is 5.60 Å². The van der Waals surface area contributed by atoms with E-state index in [1.807, 2.05) is 0 Å². The van der Waals surface area contributed by atoms with Gasteiger partial charge in [-0.25, -0.2) is 0 Å². The molecule has 2 fully saturated rings. The highest BCUT2D eigenvalue weighted by atomic mass is 79.9. The van der Waals surface area contributed by atoms with E-state index in [0.29, 0.717) is 6.10 Å². The van der Waals surface area contributed by atoms with Gasteiger partial charge in [0.25, 0.3) is 0 Å². The van der Waals surface area contributed by atoms with Gasteiger partial charge >= 0.3 is 0 Å². The average molecular weight is 275 g/mol. The summed E-state index contributed by atoms with van der Waals surface area (Å²) in [4.78, 5) is 0. The van der Waals surface area contributed by atoms with Crippen LogP contribution in [0.25, 0.3) is 0 Å². The van der Waals surface area contributed by atoms with Gasteiger partial charge in [-0.05, 0) is 44.4 Å². The molecule has 2 heteroatoms. The summed E-state index contributed by atoms with van der Waals surface area (Å²) in [6.45, 7) is 4.63. The highest BCUT2D eigenvalue weighted by molar-refractivity contribution is 9.09. The SMILES string of the molecule is CC1CCCC(CBr)(OC(C)C2CC2)C1. The van der Waals surface area contributed by atoms with Crippen LogP contribution < -0.4 is 0 Å². The lowest BCUT2D eigenvalue weighted by Crippen LogP contribution is -2.42. The number of hydrogen-bond acceptors (Lipinski definition) is 1. The molecule has 0 aromatic rings. The summed E-state index contributed by atoms with van der Waals surface area (Å²) in [6, 6.07) is 0. The molecule has 0 N–H and O–H groups in total. The van der Waals surface area contributed by atoms with E-state index < -0.39 is 0 Å². The molecule has 88 valence electrons. The third-order valence-electron chi connectivity index (χ3n) is 4.02. The van der Waals surface area contributed by atoms with E-state index in [0.717, 1.165) is 17.2 Å². The fourth-order valence-corrected chi connectivity index (χ4v) is 3.57. The summed E-state index contributed by atoms with van der Waals surface area (Å²) in [7, 11) is 0. The summed E-state index contributed by atoms with van der Waals surface area (Å²) in [5, 5.41) is 1.02. The van der Waals surface area contributed by atoms with Gasteiger partial charge in [0.1, 0.15) is 0 Å². The van der Waals surface area contributed by atoms with Gasteiger partial charge in [0.05, 0.1) is 11.7 Å². The van der Waals surface area contributed by atoms with Crippen molar-refractivity contribution in [2.45, 2.75) is 64.1 Å². The van der Waals surface area contributed by atoms with Gasteiger partial charge in [-0.3, -0.25) is 0 Å². The Labute approximate surface area is 102 Å². The standard InChI is InChI=1S/C13H23BrO/c1-10-4-3-7-13(8-10,9-14)15-11(2)12-5-6-12/h10-12H,3-9H2,1-2H3. The molecule has 2 aliphatic carbocycles. The summed E-state index contributed by atoms with van der Waals surface area (Å²) in [5.41, 5.74) is 0.152. The van der Waals surface area contributed by atoms with Gasteiger partial charge < -0.3 is 4.74 Å². The van der Waals surface area contributed by atoms with Crippen molar-refractivity contribution >= 4 is 15.9 Å². The average Bonchev–Trinajstić information content (AvgIpc) is 3.00. The summed E-state index contributed by atoms with van der Waals surface area (Å²) in [5.74, 6) is 1.70. The van der Waals surface area contributed by atoms with Gasteiger partial charge in [-0.15, -0.1) is 0 Å². The van der Waals surface area contributed by atoms with Crippen LogP contribution in [-0.4, -0.2) is 17.0 Å². The van der Waals surface area contributed by atoms with E-state index in [9.17, 15) is 0 Å². The van der Waals surface area contributed by atoms with Crippen LogP contribution in [-0.2, 0) is 4.74 Å². The Morgan fingerprint density at radius 3 is 2.67 bits per heavy atom. The zero-order chi connectivity index (χ0) is 10.9. The molecule has 3 unspecified atom stereocenters. The van der Waals surface area contributed by atoms with Crippen LogP contribution in [0.15, 0.2) is 0 Å². The first-order chi connectivity index (χ1) is 7.15. The lowest BCUT2D eigenvalue weighted by atomic mass is 9.80. The first-order valence-corrected chi connectivity index (χ1v) is 7.51. The Morgan fingerprint density at radius 2 is 2.13 bits per heavy atom. The van der Waals surface area contributed by atoms with Crippen LogP contribution in [0.5, 0.6) is 0 Å². The van der Waals surface area contributed by atoms with Crippen molar-refractivity contribution in [3.05, 3.63) is 0 Å². The number of hydrogen-bond donors (Lipinski definition) is 0. The molecule has 15 heavy (non-hydrogen) atoms. The number of halogens is 1. The minimum atomic E-state index is 0.152. The first kappa shape index (κ1) is 11.9. The maximum atomic E-state index is 6.38. The third kappa shape index (κ3) is 2.97. The van der Waals surface area contributed by atoms with Gasteiger partial charge in [-0.1, -0.05) is 35.7 Å². The van der Waals surface area contributed by atoms with Crippen LogP contribution in [0.4, 0.5) is 0 Å². The molecule has 0 spiro atoms. The highest BCUT2D eigenvalue weighted by Crippen LogP contribution is 2.41. The van der Waals surface area contributed by atoms with E-state index in [1.165, 1.54) is 38.5 Å². The maximum Gasteiger partial charge on any atom is 0.0785 e. The number of ether oxygens (including phenoxy) is 1. The smallest absolute Gasteiger partial charge is 0.0785 e. The van der Waals surface area contributed by atoms with Crippen molar-refractivity contribution < 1.29 is 4.74 Å². The van der Waals surface area contributed by atoms with Crippen molar-refractivity contribution in [3.8, 4) is 0 Å². The summed E-state index contributed by atoms with van der Waals surface area (Å²) >= 11 is 3.67. The predicted molar refractivity (Wildman–Crippen MR) is 67.4 cm³/mol. The summed E-state index contributed by atoms with van der Waals surface area (Å²) < 4.78 is 6.38. The Balaban J connectivity index is 1.93. The number of rotatable bonds is 4. The molecular weight excluding hydrogens is 252 g/mol. The first-order valence-electron chi connectivity index (χ1n) is 6.39. The molecular formula is C13H23BrO. The maximum absolute atomic E-state index is 6.38. The minimum Gasteiger partial charge on any atom is -0.371 e. The molecule has 0 aromatic heterocycles. The van der Waals surface area contributed by atoms with E-state index in [2.05, 4.69) is 29.8 Å². The molecule has 0 amide bonds.